The van der Waals surface area contributed by atoms with Crippen LogP contribution in [0.15, 0.2) is 42.5 Å². The maximum absolute atomic E-state index is 13.5. The molecule has 0 unspecified atom stereocenters. The molecule has 1 atom stereocenters. The lowest BCUT2D eigenvalue weighted by atomic mass is 10.0. The van der Waals surface area contributed by atoms with Crippen LogP contribution in [0.1, 0.15) is 17.5 Å². The third kappa shape index (κ3) is 5.89. The number of carbonyl (C=O) groups is 1. The van der Waals surface area contributed by atoms with Crippen molar-refractivity contribution in [3.63, 3.8) is 0 Å². The van der Waals surface area contributed by atoms with Crippen LogP contribution in [0.2, 0.25) is 0 Å². The standard InChI is InChI=1S/C14H12F4N2.C5H9NO3/c15-12-7-10(6-5-9(12)8-19)20-13-4-2-1-3-11(13)14(16,17)18;6-5(4(7)8)1-2-9-3-5/h1-7,20H,8,19H2;1-3,6H2,(H,7,8)/t;5-/m.0/s1. The van der Waals surface area contributed by atoms with Crippen molar-refractivity contribution in [2.24, 2.45) is 11.5 Å². The average Bonchev–Trinajstić information content (AvgIpc) is 3.10. The van der Waals surface area contributed by atoms with E-state index in [0.29, 0.717) is 18.6 Å². The molecule has 0 saturated carbocycles. The number of nitrogens with one attached hydrogen (secondary N) is 1. The number of carboxylic acid groups (broad SMARTS) is 1. The molecule has 0 bridgehead atoms. The maximum Gasteiger partial charge on any atom is 0.418 e. The monoisotopic (exact) mass is 415 g/mol. The summed E-state index contributed by atoms with van der Waals surface area (Å²) in [5.74, 6) is -1.53. The highest BCUT2D eigenvalue weighted by Gasteiger charge is 2.38. The Bertz CT molecular complexity index is 853. The highest BCUT2D eigenvalue weighted by molar-refractivity contribution is 5.78. The fourth-order valence-corrected chi connectivity index (χ4v) is 2.53. The van der Waals surface area contributed by atoms with E-state index in [1.165, 1.54) is 30.3 Å². The van der Waals surface area contributed by atoms with E-state index < -0.39 is 29.1 Å². The van der Waals surface area contributed by atoms with Crippen molar-refractivity contribution >= 4 is 17.3 Å². The smallest absolute Gasteiger partial charge is 0.418 e. The fraction of sp³-hybridized carbons (Fsp3) is 0.316. The van der Waals surface area contributed by atoms with Gasteiger partial charge in [-0.25, -0.2) is 4.39 Å². The van der Waals surface area contributed by atoms with Crippen LogP contribution in [0.4, 0.5) is 28.9 Å². The molecule has 0 spiro atoms. The van der Waals surface area contributed by atoms with Gasteiger partial charge in [-0.1, -0.05) is 18.2 Å². The van der Waals surface area contributed by atoms with E-state index in [-0.39, 0.29) is 24.5 Å². The van der Waals surface area contributed by atoms with Gasteiger partial charge in [0.15, 0.2) is 0 Å². The lowest BCUT2D eigenvalue weighted by Crippen LogP contribution is -2.48. The Kier molecular flexibility index (Phi) is 7.17. The molecule has 1 aliphatic rings. The second-order valence-electron chi connectivity index (χ2n) is 6.44. The highest BCUT2D eigenvalue weighted by Crippen LogP contribution is 2.35. The third-order valence-electron chi connectivity index (χ3n) is 4.26. The Morgan fingerprint density at radius 1 is 1.24 bits per heavy atom. The normalized spacial score (nSPS) is 18.7. The van der Waals surface area contributed by atoms with Gasteiger partial charge >= 0.3 is 12.1 Å². The molecule has 1 heterocycles. The van der Waals surface area contributed by atoms with E-state index in [4.69, 9.17) is 21.3 Å². The predicted molar refractivity (Wildman–Crippen MR) is 99.0 cm³/mol. The topological polar surface area (TPSA) is 111 Å². The zero-order valence-electron chi connectivity index (χ0n) is 15.3. The number of alkyl halides is 3. The molecule has 2 aromatic rings. The number of hydrogen-bond acceptors (Lipinski definition) is 5. The maximum atomic E-state index is 13.5. The summed E-state index contributed by atoms with van der Waals surface area (Å²) in [6.45, 7) is 0.635. The predicted octanol–water partition coefficient (Wildman–Crippen LogP) is 3.24. The van der Waals surface area contributed by atoms with Gasteiger partial charge in [-0.15, -0.1) is 0 Å². The van der Waals surface area contributed by atoms with Gasteiger partial charge in [-0.2, -0.15) is 13.2 Å². The minimum Gasteiger partial charge on any atom is -0.480 e. The van der Waals surface area contributed by atoms with Crippen LogP contribution in [0.5, 0.6) is 0 Å². The van der Waals surface area contributed by atoms with E-state index >= 15 is 0 Å². The van der Waals surface area contributed by atoms with Gasteiger partial charge in [-0.05, 0) is 24.3 Å². The molecule has 0 radical (unpaired) electrons. The van der Waals surface area contributed by atoms with Crippen LogP contribution in [-0.4, -0.2) is 29.8 Å². The van der Waals surface area contributed by atoms with Crippen molar-refractivity contribution in [1.82, 2.24) is 0 Å². The summed E-state index contributed by atoms with van der Waals surface area (Å²) in [6.07, 6.45) is -4.05. The van der Waals surface area contributed by atoms with Gasteiger partial charge in [0.25, 0.3) is 0 Å². The van der Waals surface area contributed by atoms with Gasteiger partial charge < -0.3 is 26.6 Å². The molecule has 1 fully saturated rings. The van der Waals surface area contributed by atoms with E-state index in [2.05, 4.69) is 5.32 Å². The minimum atomic E-state index is -4.47. The molecular weight excluding hydrogens is 394 g/mol. The average molecular weight is 415 g/mol. The van der Waals surface area contributed by atoms with Gasteiger partial charge in [0, 0.05) is 30.8 Å². The second-order valence-corrected chi connectivity index (χ2v) is 6.44. The first-order valence-electron chi connectivity index (χ1n) is 8.58. The Balaban J connectivity index is 0.000000278. The Morgan fingerprint density at radius 2 is 1.93 bits per heavy atom. The summed E-state index contributed by atoms with van der Waals surface area (Å²) in [7, 11) is 0. The molecule has 1 aliphatic heterocycles. The summed E-state index contributed by atoms with van der Waals surface area (Å²) in [6, 6.07) is 9.07. The lowest BCUT2D eigenvalue weighted by Gasteiger charge is -2.14. The molecule has 2 aromatic carbocycles. The van der Waals surface area contributed by atoms with Gasteiger partial charge in [0.05, 0.1) is 17.9 Å². The number of halogens is 4. The van der Waals surface area contributed by atoms with Crippen LogP contribution < -0.4 is 16.8 Å². The largest absolute Gasteiger partial charge is 0.480 e. The molecule has 6 nitrogen and oxygen atoms in total. The molecular formula is C19H21F4N3O3. The first-order chi connectivity index (χ1) is 13.6. The number of ether oxygens (including phenoxy) is 1. The summed E-state index contributed by atoms with van der Waals surface area (Å²) in [5.41, 5.74) is 9.20. The van der Waals surface area contributed by atoms with Crippen LogP contribution >= 0.6 is 0 Å². The van der Waals surface area contributed by atoms with Gasteiger partial charge in [0.2, 0.25) is 0 Å². The van der Waals surface area contributed by atoms with Crippen molar-refractivity contribution in [2.75, 3.05) is 18.5 Å². The quantitative estimate of drug-likeness (QED) is 0.571. The highest BCUT2D eigenvalue weighted by atomic mass is 19.4. The molecule has 0 amide bonds. The SMILES string of the molecule is NCc1ccc(Nc2ccccc2C(F)(F)F)cc1F.N[C@@]1(C(=O)O)CCOC1. The Labute approximate surface area is 164 Å². The molecule has 6 N–H and O–H groups in total. The number of benzene rings is 2. The van der Waals surface area contributed by atoms with Gasteiger partial charge in [-0.3, -0.25) is 4.79 Å². The summed E-state index contributed by atoms with van der Waals surface area (Å²) >= 11 is 0. The fourth-order valence-electron chi connectivity index (χ4n) is 2.53. The Hall–Kier alpha value is -2.69. The number of rotatable bonds is 4. The molecule has 10 heteroatoms. The zero-order valence-corrected chi connectivity index (χ0v) is 15.3. The van der Waals surface area contributed by atoms with Crippen LogP contribution in [-0.2, 0) is 22.3 Å². The molecule has 0 aromatic heterocycles. The summed E-state index contributed by atoms with van der Waals surface area (Å²) in [5, 5.41) is 11.0. The van der Waals surface area contributed by atoms with Crippen molar-refractivity contribution < 1.29 is 32.2 Å². The number of carboxylic acids is 1. The van der Waals surface area contributed by atoms with E-state index in [1.54, 1.807) is 0 Å². The van der Waals surface area contributed by atoms with E-state index in [1.807, 2.05) is 0 Å². The second kappa shape index (κ2) is 9.21. The van der Waals surface area contributed by atoms with Crippen LogP contribution in [0.25, 0.3) is 0 Å². The van der Waals surface area contributed by atoms with Crippen molar-refractivity contribution in [3.8, 4) is 0 Å². The van der Waals surface area contributed by atoms with Crippen LogP contribution in [0, 0.1) is 5.82 Å². The molecule has 0 aliphatic carbocycles. The van der Waals surface area contributed by atoms with Crippen LogP contribution in [0.3, 0.4) is 0 Å². The van der Waals surface area contributed by atoms with E-state index in [0.717, 1.165) is 12.1 Å². The minimum absolute atomic E-state index is 0.0330. The number of aliphatic carboxylic acids is 1. The molecule has 1 saturated heterocycles. The zero-order chi connectivity index (χ0) is 21.7. The third-order valence-corrected chi connectivity index (χ3v) is 4.26. The summed E-state index contributed by atoms with van der Waals surface area (Å²) in [4.78, 5) is 10.3. The van der Waals surface area contributed by atoms with Crippen molar-refractivity contribution in [1.29, 1.82) is 0 Å². The number of anilines is 2. The summed E-state index contributed by atoms with van der Waals surface area (Å²) < 4.78 is 56.8. The van der Waals surface area contributed by atoms with Gasteiger partial charge in [0.1, 0.15) is 11.4 Å². The van der Waals surface area contributed by atoms with E-state index in [9.17, 15) is 22.4 Å². The van der Waals surface area contributed by atoms with Crippen molar-refractivity contribution in [3.05, 3.63) is 59.4 Å². The molecule has 3 rings (SSSR count). The number of hydrogen-bond donors (Lipinski definition) is 4. The Morgan fingerprint density at radius 3 is 2.41 bits per heavy atom. The van der Waals surface area contributed by atoms with Crippen molar-refractivity contribution in [2.45, 2.75) is 24.7 Å². The first kappa shape index (κ1) is 22.6. The number of para-hydroxylation sites is 1. The number of nitrogens with two attached hydrogens (primary N) is 2. The first-order valence-corrected chi connectivity index (χ1v) is 8.58. The molecule has 158 valence electrons. The molecule has 29 heavy (non-hydrogen) atoms. The lowest BCUT2D eigenvalue weighted by molar-refractivity contribution is -0.143.